The Bertz CT molecular complexity index is 897. The number of likely N-dealkylation sites (tertiary alicyclic amines) is 1. The number of hydrogen-bond donors (Lipinski definition) is 0. The minimum absolute atomic E-state index is 0.212. The third-order valence-electron chi connectivity index (χ3n) is 4.64. The highest BCUT2D eigenvalue weighted by Gasteiger charge is 2.31. The van der Waals surface area contributed by atoms with Crippen molar-refractivity contribution >= 4 is 11.6 Å². The van der Waals surface area contributed by atoms with E-state index in [1.54, 1.807) is 4.68 Å². The molecule has 0 amide bonds. The van der Waals surface area contributed by atoms with Gasteiger partial charge in [-0.25, -0.2) is 0 Å². The topological polar surface area (TPSA) is 73.1 Å². The number of aryl methyl sites for hydroxylation is 3. The van der Waals surface area contributed by atoms with E-state index in [2.05, 4.69) is 20.3 Å². The van der Waals surface area contributed by atoms with Crippen LogP contribution in [-0.2, 0) is 13.6 Å². The van der Waals surface area contributed by atoms with Gasteiger partial charge in [0.1, 0.15) is 22.3 Å². The SMILES string of the molecule is Cc1cc(C2CCCN2Cc2c(-c3cc(C)on3)nn(C)c2Cl)on1. The highest BCUT2D eigenvalue weighted by atomic mass is 35.5. The van der Waals surface area contributed by atoms with Crippen molar-refractivity contribution in [3.63, 3.8) is 0 Å². The van der Waals surface area contributed by atoms with Crippen molar-refractivity contribution in [2.75, 3.05) is 6.54 Å². The zero-order chi connectivity index (χ0) is 17.6. The first-order valence-corrected chi connectivity index (χ1v) is 8.73. The first-order chi connectivity index (χ1) is 12.0. The Balaban J connectivity index is 1.66. The predicted molar refractivity (Wildman–Crippen MR) is 92.1 cm³/mol. The predicted octanol–water partition coefficient (Wildman–Crippen LogP) is 3.67. The van der Waals surface area contributed by atoms with Gasteiger partial charge in [0.25, 0.3) is 0 Å². The van der Waals surface area contributed by atoms with Crippen LogP contribution in [0, 0.1) is 13.8 Å². The van der Waals surface area contributed by atoms with Crippen molar-refractivity contribution in [2.24, 2.45) is 7.05 Å². The lowest BCUT2D eigenvalue weighted by molar-refractivity contribution is 0.206. The quantitative estimate of drug-likeness (QED) is 0.706. The molecule has 1 aliphatic rings. The maximum absolute atomic E-state index is 6.53. The van der Waals surface area contributed by atoms with Gasteiger partial charge < -0.3 is 9.05 Å². The second kappa shape index (κ2) is 6.31. The third-order valence-corrected chi connectivity index (χ3v) is 5.11. The van der Waals surface area contributed by atoms with Gasteiger partial charge in [-0.15, -0.1) is 0 Å². The van der Waals surface area contributed by atoms with Crippen molar-refractivity contribution < 1.29 is 9.05 Å². The van der Waals surface area contributed by atoms with Crippen LogP contribution in [0.15, 0.2) is 21.2 Å². The highest BCUT2D eigenvalue weighted by Crippen LogP contribution is 2.36. The van der Waals surface area contributed by atoms with Crippen molar-refractivity contribution in [2.45, 2.75) is 39.3 Å². The van der Waals surface area contributed by atoms with Crippen LogP contribution >= 0.6 is 11.6 Å². The molecule has 3 aromatic heterocycles. The summed E-state index contributed by atoms with van der Waals surface area (Å²) in [7, 11) is 1.84. The maximum Gasteiger partial charge on any atom is 0.154 e. The molecule has 1 aliphatic heterocycles. The lowest BCUT2D eigenvalue weighted by Gasteiger charge is -2.22. The average molecular weight is 362 g/mol. The van der Waals surface area contributed by atoms with Crippen LogP contribution in [0.5, 0.6) is 0 Å². The Morgan fingerprint density at radius 2 is 2.08 bits per heavy atom. The van der Waals surface area contributed by atoms with Gasteiger partial charge in [-0.3, -0.25) is 9.58 Å². The fourth-order valence-electron chi connectivity index (χ4n) is 3.45. The Labute approximate surface area is 150 Å². The Morgan fingerprint density at radius 3 is 2.76 bits per heavy atom. The summed E-state index contributed by atoms with van der Waals surface area (Å²) in [5.74, 6) is 1.66. The zero-order valence-corrected chi connectivity index (χ0v) is 15.2. The lowest BCUT2D eigenvalue weighted by Crippen LogP contribution is -2.22. The Hall–Kier alpha value is -2.12. The van der Waals surface area contributed by atoms with Gasteiger partial charge in [-0.1, -0.05) is 21.9 Å². The molecule has 1 unspecified atom stereocenters. The summed E-state index contributed by atoms with van der Waals surface area (Å²) >= 11 is 6.53. The van der Waals surface area contributed by atoms with Crippen molar-refractivity contribution in [1.82, 2.24) is 25.0 Å². The molecule has 0 saturated carbocycles. The highest BCUT2D eigenvalue weighted by molar-refractivity contribution is 6.30. The first kappa shape index (κ1) is 16.4. The monoisotopic (exact) mass is 361 g/mol. The van der Waals surface area contributed by atoms with Gasteiger partial charge in [-0.05, 0) is 33.2 Å². The molecule has 8 heteroatoms. The van der Waals surface area contributed by atoms with Gasteiger partial charge in [0.2, 0.25) is 0 Å². The van der Waals surface area contributed by atoms with Crippen molar-refractivity contribution in [1.29, 1.82) is 0 Å². The molecular weight excluding hydrogens is 342 g/mol. The van der Waals surface area contributed by atoms with Gasteiger partial charge >= 0.3 is 0 Å². The van der Waals surface area contributed by atoms with E-state index < -0.39 is 0 Å². The van der Waals surface area contributed by atoms with E-state index in [1.165, 1.54) is 0 Å². The van der Waals surface area contributed by atoms with Crippen LogP contribution in [0.25, 0.3) is 11.4 Å². The minimum Gasteiger partial charge on any atom is -0.361 e. The summed E-state index contributed by atoms with van der Waals surface area (Å²) < 4.78 is 12.4. The normalized spacial score (nSPS) is 18.3. The molecule has 132 valence electrons. The van der Waals surface area contributed by atoms with Crippen LogP contribution in [0.3, 0.4) is 0 Å². The molecule has 7 nitrogen and oxygen atoms in total. The molecule has 0 spiro atoms. The summed E-state index contributed by atoms with van der Waals surface area (Å²) in [5.41, 5.74) is 3.34. The van der Waals surface area contributed by atoms with Crippen LogP contribution in [0.1, 0.15) is 41.7 Å². The average Bonchev–Trinajstić information content (AvgIpc) is 3.33. The van der Waals surface area contributed by atoms with Gasteiger partial charge in [0, 0.05) is 31.3 Å². The van der Waals surface area contributed by atoms with Crippen LogP contribution < -0.4 is 0 Å². The van der Waals surface area contributed by atoms with Crippen LogP contribution in [0.2, 0.25) is 5.15 Å². The zero-order valence-electron chi connectivity index (χ0n) is 14.5. The van der Waals surface area contributed by atoms with Crippen molar-refractivity contribution in [3.05, 3.63) is 40.1 Å². The second-order valence-corrected chi connectivity index (χ2v) is 6.92. The van der Waals surface area contributed by atoms with E-state index in [1.807, 2.05) is 33.0 Å². The molecule has 0 N–H and O–H groups in total. The lowest BCUT2D eigenvalue weighted by atomic mass is 10.1. The number of rotatable bonds is 4. The Morgan fingerprint density at radius 1 is 1.24 bits per heavy atom. The van der Waals surface area contributed by atoms with Gasteiger partial charge in [0.05, 0.1) is 11.7 Å². The largest absolute Gasteiger partial charge is 0.361 e. The summed E-state index contributed by atoms with van der Waals surface area (Å²) in [4.78, 5) is 2.36. The molecule has 0 bridgehead atoms. The molecule has 25 heavy (non-hydrogen) atoms. The number of halogens is 1. The van der Waals surface area contributed by atoms with Gasteiger partial charge in [0.15, 0.2) is 5.76 Å². The summed E-state index contributed by atoms with van der Waals surface area (Å²) in [6.45, 7) is 5.46. The van der Waals surface area contributed by atoms with Crippen LogP contribution in [-0.4, -0.2) is 31.5 Å². The van der Waals surface area contributed by atoms with E-state index in [9.17, 15) is 0 Å². The van der Waals surface area contributed by atoms with Gasteiger partial charge in [-0.2, -0.15) is 5.10 Å². The molecular formula is C17H20ClN5O2. The molecule has 4 heterocycles. The second-order valence-electron chi connectivity index (χ2n) is 6.56. The molecule has 0 radical (unpaired) electrons. The van der Waals surface area contributed by atoms with Crippen molar-refractivity contribution in [3.8, 4) is 11.4 Å². The molecule has 0 aliphatic carbocycles. The van der Waals surface area contributed by atoms with E-state index >= 15 is 0 Å². The fraction of sp³-hybridized carbons (Fsp3) is 0.471. The molecule has 1 atom stereocenters. The van der Waals surface area contributed by atoms with E-state index in [0.717, 1.165) is 47.9 Å². The van der Waals surface area contributed by atoms with E-state index in [-0.39, 0.29) is 6.04 Å². The summed E-state index contributed by atoms with van der Waals surface area (Å²) in [6.07, 6.45) is 2.16. The molecule has 1 fully saturated rings. The number of aromatic nitrogens is 4. The summed E-state index contributed by atoms with van der Waals surface area (Å²) in [6, 6.07) is 4.10. The summed E-state index contributed by atoms with van der Waals surface area (Å²) in [5, 5.41) is 13.3. The smallest absolute Gasteiger partial charge is 0.154 e. The molecule has 3 aromatic rings. The van der Waals surface area contributed by atoms with E-state index in [0.29, 0.717) is 17.4 Å². The number of hydrogen-bond acceptors (Lipinski definition) is 6. The molecule has 4 rings (SSSR count). The number of nitrogens with zero attached hydrogens (tertiary/aromatic N) is 5. The molecule has 0 aromatic carbocycles. The first-order valence-electron chi connectivity index (χ1n) is 8.35. The van der Waals surface area contributed by atoms with E-state index in [4.69, 9.17) is 20.6 Å². The maximum atomic E-state index is 6.53. The molecule has 1 saturated heterocycles. The Kier molecular flexibility index (Phi) is 4.13. The van der Waals surface area contributed by atoms with Crippen LogP contribution in [0.4, 0.5) is 0 Å². The third kappa shape index (κ3) is 2.98. The standard InChI is InChI=1S/C17H20ClN5O2/c1-10-7-15(25-20-10)14-5-4-6-23(14)9-12-16(19-22(3)17(12)18)13-8-11(2)24-21-13/h7-8,14H,4-6,9H2,1-3H3. The fourth-order valence-corrected chi connectivity index (χ4v) is 3.64. The minimum atomic E-state index is 0.212.